The van der Waals surface area contributed by atoms with Crippen LogP contribution in [-0.4, -0.2) is 23.1 Å². The van der Waals surface area contributed by atoms with Crippen LogP contribution in [0.3, 0.4) is 0 Å². The Hall–Kier alpha value is -1.00. The molecule has 1 unspecified atom stereocenters. The van der Waals surface area contributed by atoms with Gasteiger partial charge in [0.05, 0.1) is 5.69 Å². The van der Waals surface area contributed by atoms with Crippen molar-refractivity contribution in [2.75, 3.05) is 13.2 Å². The Kier molecular flexibility index (Phi) is 3.51. The van der Waals surface area contributed by atoms with Crippen LogP contribution >= 0.6 is 0 Å². The van der Waals surface area contributed by atoms with Crippen molar-refractivity contribution >= 4 is 0 Å². The average Bonchev–Trinajstić information content (AvgIpc) is 2.29. The molecule has 0 amide bonds. The molecule has 1 atom stereocenters. The van der Waals surface area contributed by atoms with E-state index < -0.39 is 0 Å². The summed E-state index contributed by atoms with van der Waals surface area (Å²) in [6.07, 6.45) is 1.01. The number of fused-ring (bicyclic) bond motifs is 1. The van der Waals surface area contributed by atoms with Crippen molar-refractivity contribution in [2.24, 2.45) is 0 Å². The van der Waals surface area contributed by atoms with Crippen LogP contribution in [-0.2, 0) is 17.7 Å². The minimum atomic E-state index is -0.0177. The SMILES string of the molecule is CCOC(C)c1nc(C)c2c(n1)CNCC2. The Morgan fingerprint density at radius 3 is 3.00 bits per heavy atom. The van der Waals surface area contributed by atoms with Crippen molar-refractivity contribution in [1.82, 2.24) is 15.3 Å². The van der Waals surface area contributed by atoms with E-state index in [1.54, 1.807) is 0 Å². The molecule has 4 nitrogen and oxygen atoms in total. The molecule has 2 rings (SSSR count). The molecule has 0 aliphatic carbocycles. The highest BCUT2D eigenvalue weighted by Crippen LogP contribution is 2.19. The number of rotatable bonds is 3. The van der Waals surface area contributed by atoms with Gasteiger partial charge in [-0.2, -0.15) is 0 Å². The summed E-state index contributed by atoms with van der Waals surface area (Å²) in [6, 6.07) is 0. The van der Waals surface area contributed by atoms with Gasteiger partial charge in [-0.3, -0.25) is 0 Å². The molecule has 88 valence electrons. The first kappa shape index (κ1) is 11.5. The van der Waals surface area contributed by atoms with E-state index in [1.165, 1.54) is 5.56 Å². The summed E-state index contributed by atoms with van der Waals surface area (Å²) < 4.78 is 5.53. The van der Waals surface area contributed by atoms with Crippen LogP contribution in [0.15, 0.2) is 0 Å². The van der Waals surface area contributed by atoms with Gasteiger partial charge in [0.15, 0.2) is 5.82 Å². The molecule has 0 aromatic carbocycles. The summed E-state index contributed by atoms with van der Waals surface area (Å²) in [6.45, 7) is 8.62. The largest absolute Gasteiger partial charge is 0.371 e. The average molecular weight is 221 g/mol. The van der Waals surface area contributed by atoms with Crippen molar-refractivity contribution in [3.8, 4) is 0 Å². The fourth-order valence-corrected chi connectivity index (χ4v) is 2.08. The van der Waals surface area contributed by atoms with Gasteiger partial charge in [0.25, 0.3) is 0 Å². The summed E-state index contributed by atoms with van der Waals surface area (Å²) in [5.41, 5.74) is 3.56. The van der Waals surface area contributed by atoms with Crippen molar-refractivity contribution in [3.63, 3.8) is 0 Å². The van der Waals surface area contributed by atoms with E-state index in [4.69, 9.17) is 4.74 Å². The minimum absolute atomic E-state index is 0.0177. The van der Waals surface area contributed by atoms with E-state index in [0.717, 1.165) is 36.7 Å². The molecule has 4 heteroatoms. The summed E-state index contributed by atoms with van der Waals surface area (Å²) >= 11 is 0. The first-order chi connectivity index (χ1) is 7.72. The lowest BCUT2D eigenvalue weighted by Crippen LogP contribution is -2.27. The molecule has 0 radical (unpaired) electrons. The van der Waals surface area contributed by atoms with Crippen molar-refractivity contribution in [2.45, 2.75) is 39.8 Å². The van der Waals surface area contributed by atoms with Crippen LogP contribution in [0, 0.1) is 6.92 Å². The maximum absolute atomic E-state index is 5.53. The third-order valence-corrected chi connectivity index (χ3v) is 2.94. The van der Waals surface area contributed by atoms with Gasteiger partial charge in [-0.1, -0.05) is 0 Å². The van der Waals surface area contributed by atoms with E-state index in [9.17, 15) is 0 Å². The quantitative estimate of drug-likeness (QED) is 0.841. The molecule has 1 aromatic rings. The second-order valence-corrected chi connectivity index (χ2v) is 4.12. The standard InChI is InChI=1S/C12H19N3O/c1-4-16-9(3)12-14-8(2)10-5-6-13-7-11(10)15-12/h9,13H,4-7H2,1-3H3. The maximum Gasteiger partial charge on any atom is 0.157 e. The molecule has 0 spiro atoms. The zero-order valence-corrected chi connectivity index (χ0v) is 10.2. The molecular formula is C12H19N3O. The summed E-state index contributed by atoms with van der Waals surface area (Å²) in [7, 11) is 0. The third-order valence-electron chi connectivity index (χ3n) is 2.94. The second kappa shape index (κ2) is 4.89. The molecule has 1 aromatic heterocycles. The minimum Gasteiger partial charge on any atom is -0.371 e. The molecule has 1 aliphatic heterocycles. The number of hydrogen-bond acceptors (Lipinski definition) is 4. The van der Waals surface area contributed by atoms with Crippen LogP contribution in [0.2, 0.25) is 0 Å². The normalized spacial score (nSPS) is 16.9. The van der Waals surface area contributed by atoms with Crippen LogP contribution in [0.1, 0.15) is 42.7 Å². The summed E-state index contributed by atoms with van der Waals surface area (Å²) in [5, 5.41) is 3.34. The van der Waals surface area contributed by atoms with Crippen molar-refractivity contribution in [3.05, 3.63) is 22.8 Å². The Bertz CT molecular complexity index is 379. The number of nitrogens with one attached hydrogen (secondary N) is 1. The van der Waals surface area contributed by atoms with Gasteiger partial charge in [-0.15, -0.1) is 0 Å². The van der Waals surface area contributed by atoms with Crippen LogP contribution in [0.25, 0.3) is 0 Å². The van der Waals surface area contributed by atoms with E-state index >= 15 is 0 Å². The van der Waals surface area contributed by atoms with Gasteiger partial charge >= 0.3 is 0 Å². The van der Waals surface area contributed by atoms with Gasteiger partial charge in [0, 0.05) is 18.8 Å². The molecular weight excluding hydrogens is 202 g/mol. The third kappa shape index (κ3) is 2.23. The Labute approximate surface area is 96.4 Å². The topological polar surface area (TPSA) is 47.0 Å². The van der Waals surface area contributed by atoms with Crippen LogP contribution in [0.5, 0.6) is 0 Å². The van der Waals surface area contributed by atoms with Gasteiger partial charge in [0.2, 0.25) is 0 Å². The smallest absolute Gasteiger partial charge is 0.157 e. The van der Waals surface area contributed by atoms with E-state index in [2.05, 4.69) is 22.2 Å². The van der Waals surface area contributed by atoms with Crippen molar-refractivity contribution in [1.29, 1.82) is 0 Å². The number of hydrogen-bond donors (Lipinski definition) is 1. The number of nitrogens with zero attached hydrogens (tertiary/aromatic N) is 2. The lowest BCUT2D eigenvalue weighted by Gasteiger charge is -2.20. The first-order valence-electron chi connectivity index (χ1n) is 5.91. The molecule has 0 saturated heterocycles. The summed E-state index contributed by atoms with van der Waals surface area (Å²) in [5.74, 6) is 0.807. The van der Waals surface area contributed by atoms with E-state index in [0.29, 0.717) is 6.61 Å². The van der Waals surface area contributed by atoms with E-state index in [1.807, 2.05) is 13.8 Å². The zero-order valence-electron chi connectivity index (χ0n) is 10.2. The van der Waals surface area contributed by atoms with Gasteiger partial charge < -0.3 is 10.1 Å². The molecule has 0 saturated carbocycles. The highest BCUT2D eigenvalue weighted by molar-refractivity contribution is 5.27. The lowest BCUT2D eigenvalue weighted by atomic mass is 10.0. The fourth-order valence-electron chi connectivity index (χ4n) is 2.08. The molecule has 0 bridgehead atoms. The molecule has 1 aliphatic rings. The maximum atomic E-state index is 5.53. The number of ether oxygens (including phenoxy) is 1. The monoisotopic (exact) mass is 221 g/mol. The first-order valence-corrected chi connectivity index (χ1v) is 5.91. The molecule has 16 heavy (non-hydrogen) atoms. The Morgan fingerprint density at radius 1 is 1.44 bits per heavy atom. The van der Waals surface area contributed by atoms with E-state index in [-0.39, 0.29) is 6.10 Å². The van der Waals surface area contributed by atoms with Crippen LogP contribution in [0.4, 0.5) is 0 Å². The number of aryl methyl sites for hydroxylation is 1. The predicted molar refractivity (Wildman–Crippen MR) is 62.2 cm³/mol. The van der Waals surface area contributed by atoms with Gasteiger partial charge in [-0.05, 0) is 39.3 Å². The second-order valence-electron chi connectivity index (χ2n) is 4.12. The Balaban J connectivity index is 2.31. The predicted octanol–water partition coefficient (Wildman–Crippen LogP) is 1.53. The molecule has 0 fully saturated rings. The molecule has 1 N–H and O–H groups in total. The van der Waals surface area contributed by atoms with Crippen molar-refractivity contribution < 1.29 is 4.74 Å². The highest BCUT2D eigenvalue weighted by Gasteiger charge is 2.17. The Morgan fingerprint density at radius 2 is 2.25 bits per heavy atom. The van der Waals surface area contributed by atoms with Gasteiger partial charge in [-0.25, -0.2) is 9.97 Å². The van der Waals surface area contributed by atoms with Crippen LogP contribution < -0.4 is 5.32 Å². The highest BCUT2D eigenvalue weighted by atomic mass is 16.5. The van der Waals surface area contributed by atoms with Gasteiger partial charge in [0.1, 0.15) is 6.10 Å². The fraction of sp³-hybridized carbons (Fsp3) is 0.667. The summed E-state index contributed by atoms with van der Waals surface area (Å²) in [4.78, 5) is 9.14. The molecule has 2 heterocycles. The number of aromatic nitrogens is 2. The zero-order chi connectivity index (χ0) is 11.5. The lowest BCUT2D eigenvalue weighted by molar-refractivity contribution is 0.0696.